The molecule has 0 spiro atoms. The molecule has 0 heterocycles. The molecule has 0 saturated heterocycles. The molecule has 0 saturated carbocycles. The van der Waals surface area contributed by atoms with Crippen molar-refractivity contribution in [2.75, 3.05) is 11.4 Å². The number of carboxylic acid groups (broad SMARTS) is 1. The number of rotatable bonds is 6. The fourth-order valence-electron chi connectivity index (χ4n) is 2.52. The van der Waals surface area contributed by atoms with Gasteiger partial charge in [0.05, 0.1) is 5.92 Å². The van der Waals surface area contributed by atoms with E-state index in [-0.39, 0.29) is 0 Å². The number of aryl methyl sites for hydroxylation is 2. The van der Waals surface area contributed by atoms with Crippen molar-refractivity contribution in [1.82, 2.24) is 0 Å². The van der Waals surface area contributed by atoms with Gasteiger partial charge in [-0.15, -0.1) is 0 Å². The fraction of sp³-hybridized carbons (Fsp3) is 0.316. The van der Waals surface area contributed by atoms with Crippen LogP contribution in [0.2, 0.25) is 0 Å². The summed E-state index contributed by atoms with van der Waals surface area (Å²) in [5.41, 5.74) is 4.64. The summed E-state index contributed by atoms with van der Waals surface area (Å²) in [4.78, 5) is 13.4. The summed E-state index contributed by atoms with van der Waals surface area (Å²) >= 11 is 0. The third kappa shape index (κ3) is 4.10. The first-order valence-corrected chi connectivity index (χ1v) is 7.56. The van der Waals surface area contributed by atoms with E-state index in [0.29, 0.717) is 13.1 Å². The largest absolute Gasteiger partial charge is 0.481 e. The van der Waals surface area contributed by atoms with Gasteiger partial charge in [-0.05, 0) is 36.6 Å². The standard InChI is InChI=1S/C19H23NO2/c1-14-9-10-15(2)18(11-14)20(12-16(3)19(21)22)13-17-7-5-4-6-8-17/h4-11,16H,12-13H2,1-3H3,(H,21,22). The van der Waals surface area contributed by atoms with Gasteiger partial charge in [0, 0.05) is 18.8 Å². The molecule has 0 amide bonds. The minimum Gasteiger partial charge on any atom is -0.481 e. The molecule has 2 rings (SSSR count). The van der Waals surface area contributed by atoms with Crippen LogP contribution >= 0.6 is 0 Å². The molecular weight excluding hydrogens is 274 g/mol. The van der Waals surface area contributed by atoms with Gasteiger partial charge in [-0.1, -0.05) is 49.4 Å². The van der Waals surface area contributed by atoms with E-state index in [9.17, 15) is 9.90 Å². The minimum absolute atomic E-state index is 0.413. The van der Waals surface area contributed by atoms with Crippen molar-refractivity contribution in [1.29, 1.82) is 0 Å². The van der Waals surface area contributed by atoms with Gasteiger partial charge in [0.2, 0.25) is 0 Å². The van der Waals surface area contributed by atoms with Gasteiger partial charge < -0.3 is 10.0 Å². The van der Waals surface area contributed by atoms with E-state index in [2.05, 4.69) is 49.1 Å². The van der Waals surface area contributed by atoms with Gasteiger partial charge in [-0.2, -0.15) is 0 Å². The molecule has 0 aliphatic heterocycles. The van der Waals surface area contributed by atoms with Crippen LogP contribution in [0.1, 0.15) is 23.6 Å². The first-order valence-electron chi connectivity index (χ1n) is 7.56. The third-order valence-electron chi connectivity index (χ3n) is 3.84. The topological polar surface area (TPSA) is 40.5 Å². The average Bonchev–Trinajstić information content (AvgIpc) is 2.50. The van der Waals surface area contributed by atoms with Gasteiger partial charge >= 0.3 is 5.97 Å². The summed E-state index contributed by atoms with van der Waals surface area (Å²) in [5, 5.41) is 9.24. The average molecular weight is 297 g/mol. The van der Waals surface area contributed by atoms with Crippen molar-refractivity contribution in [2.45, 2.75) is 27.3 Å². The maximum absolute atomic E-state index is 11.2. The molecule has 1 unspecified atom stereocenters. The van der Waals surface area contributed by atoms with E-state index in [0.717, 1.165) is 5.69 Å². The van der Waals surface area contributed by atoms with Crippen LogP contribution in [0.15, 0.2) is 48.5 Å². The number of nitrogens with zero attached hydrogens (tertiary/aromatic N) is 1. The summed E-state index contributed by atoms with van der Waals surface area (Å²) in [6.45, 7) is 7.09. The quantitative estimate of drug-likeness (QED) is 0.875. The molecule has 0 radical (unpaired) electrons. The second-order valence-electron chi connectivity index (χ2n) is 5.90. The molecule has 2 aromatic carbocycles. The smallest absolute Gasteiger partial charge is 0.308 e. The highest BCUT2D eigenvalue weighted by Gasteiger charge is 2.18. The summed E-state index contributed by atoms with van der Waals surface area (Å²) in [6.07, 6.45) is 0. The van der Waals surface area contributed by atoms with Crippen LogP contribution in [0.5, 0.6) is 0 Å². The lowest BCUT2D eigenvalue weighted by molar-refractivity contribution is -0.140. The minimum atomic E-state index is -0.761. The molecule has 3 nitrogen and oxygen atoms in total. The van der Waals surface area contributed by atoms with Crippen molar-refractivity contribution >= 4 is 11.7 Å². The zero-order chi connectivity index (χ0) is 16.1. The molecule has 1 N–H and O–H groups in total. The predicted octanol–water partition coefficient (Wildman–Crippen LogP) is 4.03. The Morgan fingerprint density at radius 1 is 1.14 bits per heavy atom. The van der Waals surface area contributed by atoms with Crippen LogP contribution in [-0.4, -0.2) is 17.6 Å². The summed E-state index contributed by atoms with van der Waals surface area (Å²) < 4.78 is 0. The number of benzene rings is 2. The van der Waals surface area contributed by atoms with Gasteiger partial charge in [0.25, 0.3) is 0 Å². The Balaban J connectivity index is 2.32. The second-order valence-corrected chi connectivity index (χ2v) is 5.90. The molecule has 0 aromatic heterocycles. The van der Waals surface area contributed by atoms with Crippen molar-refractivity contribution in [2.24, 2.45) is 5.92 Å². The SMILES string of the molecule is Cc1ccc(C)c(N(Cc2ccccc2)CC(C)C(=O)O)c1. The molecule has 0 aliphatic rings. The van der Waals surface area contributed by atoms with Crippen LogP contribution in [0, 0.1) is 19.8 Å². The Morgan fingerprint density at radius 2 is 1.82 bits per heavy atom. The van der Waals surface area contributed by atoms with E-state index >= 15 is 0 Å². The number of carbonyl (C=O) groups is 1. The Labute approximate surface area is 132 Å². The number of hydrogen-bond acceptors (Lipinski definition) is 2. The lowest BCUT2D eigenvalue weighted by Crippen LogP contribution is -2.32. The first-order chi connectivity index (χ1) is 10.5. The van der Waals surface area contributed by atoms with E-state index in [1.807, 2.05) is 18.2 Å². The molecule has 1 atom stereocenters. The number of anilines is 1. The maximum Gasteiger partial charge on any atom is 0.308 e. The van der Waals surface area contributed by atoms with E-state index in [1.54, 1.807) is 6.92 Å². The molecule has 22 heavy (non-hydrogen) atoms. The van der Waals surface area contributed by atoms with Crippen molar-refractivity contribution in [3.8, 4) is 0 Å². The Morgan fingerprint density at radius 3 is 2.45 bits per heavy atom. The molecule has 3 heteroatoms. The Hall–Kier alpha value is -2.29. The van der Waals surface area contributed by atoms with Crippen LogP contribution in [0.3, 0.4) is 0 Å². The van der Waals surface area contributed by atoms with Crippen molar-refractivity contribution < 1.29 is 9.90 Å². The number of aliphatic carboxylic acids is 1. The van der Waals surface area contributed by atoms with E-state index in [1.165, 1.54) is 16.7 Å². The molecule has 0 bridgehead atoms. The van der Waals surface area contributed by atoms with Crippen molar-refractivity contribution in [3.05, 3.63) is 65.2 Å². The van der Waals surface area contributed by atoms with Crippen LogP contribution in [0.25, 0.3) is 0 Å². The van der Waals surface area contributed by atoms with Gasteiger partial charge in [-0.3, -0.25) is 4.79 Å². The highest BCUT2D eigenvalue weighted by Crippen LogP contribution is 2.24. The van der Waals surface area contributed by atoms with Crippen LogP contribution in [-0.2, 0) is 11.3 Å². The molecule has 0 fully saturated rings. The normalized spacial score (nSPS) is 12.0. The van der Waals surface area contributed by atoms with Crippen LogP contribution < -0.4 is 4.90 Å². The van der Waals surface area contributed by atoms with Crippen LogP contribution in [0.4, 0.5) is 5.69 Å². The highest BCUT2D eigenvalue weighted by atomic mass is 16.4. The van der Waals surface area contributed by atoms with Gasteiger partial charge in [-0.25, -0.2) is 0 Å². The summed E-state index contributed by atoms with van der Waals surface area (Å²) in [7, 11) is 0. The second kappa shape index (κ2) is 7.12. The highest BCUT2D eigenvalue weighted by molar-refractivity contribution is 5.70. The maximum atomic E-state index is 11.2. The monoisotopic (exact) mass is 297 g/mol. The molecule has 2 aromatic rings. The van der Waals surface area contributed by atoms with E-state index < -0.39 is 11.9 Å². The number of hydrogen-bond donors (Lipinski definition) is 1. The van der Waals surface area contributed by atoms with Gasteiger partial charge in [0.15, 0.2) is 0 Å². The Bertz CT molecular complexity index is 637. The third-order valence-corrected chi connectivity index (χ3v) is 3.84. The predicted molar refractivity (Wildman–Crippen MR) is 90.2 cm³/mol. The Kier molecular flexibility index (Phi) is 5.21. The zero-order valence-corrected chi connectivity index (χ0v) is 13.4. The summed E-state index contributed by atoms with van der Waals surface area (Å²) in [6, 6.07) is 16.5. The first kappa shape index (κ1) is 16.1. The van der Waals surface area contributed by atoms with E-state index in [4.69, 9.17) is 0 Å². The number of carboxylic acids is 1. The lowest BCUT2D eigenvalue weighted by Gasteiger charge is -2.28. The summed E-state index contributed by atoms with van der Waals surface area (Å²) in [5.74, 6) is -1.17. The molecular formula is C19H23NO2. The lowest BCUT2D eigenvalue weighted by atomic mass is 10.1. The molecule has 116 valence electrons. The molecule has 0 aliphatic carbocycles. The van der Waals surface area contributed by atoms with Crippen molar-refractivity contribution in [3.63, 3.8) is 0 Å². The van der Waals surface area contributed by atoms with Gasteiger partial charge in [0.1, 0.15) is 0 Å². The fourth-order valence-corrected chi connectivity index (χ4v) is 2.52. The zero-order valence-electron chi connectivity index (χ0n) is 13.4.